The smallest absolute Gasteiger partial charge is 0.239 e. The van der Waals surface area contributed by atoms with Crippen molar-refractivity contribution in [1.29, 1.82) is 0 Å². The number of hydrogen-bond acceptors (Lipinski definition) is 11. The lowest BCUT2D eigenvalue weighted by molar-refractivity contribution is -0.258. The number of thioether (sulfide) groups is 1. The standard InChI is InChI=1S/C52H66N2O9S/c1-3-27-62-52-48(54(49(57)24-20-36-13-7-8-14-36)34-37-19-22-46-47(30-37)61-35-60-46)33-44(53-58-2)42-31-38(15-9-11-25-55)41(18-10-12-26-56)50(51(42)52)43-32-39(21-23-45(43)63-52)59-28-29-64-40-16-5-4-6-17-40/h3-6,16-17,19,21-23,30-32,36,38,41,48,50-51,55-56H,1,7-15,18,20,24-29,33-35H2,2H3. The van der Waals surface area contributed by atoms with Crippen LogP contribution in [0.5, 0.6) is 23.0 Å². The molecule has 5 aliphatic rings. The highest BCUT2D eigenvalue weighted by Gasteiger charge is 2.65. The normalized spacial score (nSPS) is 25.0. The molecule has 3 aromatic rings. The number of oxime groups is 1. The molecular weight excluding hydrogens is 829 g/mol. The van der Waals surface area contributed by atoms with Crippen molar-refractivity contribution in [3.05, 3.63) is 102 Å². The van der Waals surface area contributed by atoms with Crippen LogP contribution in [0.15, 0.2) is 101 Å². The predicted molar refractivity (Wildman–Crippen MR) is 249 cm³/mol. The SMILES string of the molecule is C=CCOC12Oc3ccc(OCCSc4ccccc4)cc3C3C(CCCCO)C(CCCCO)C=C(C(=NOC)CC1N(Cc1ccc4c(c1)OCO4)C(=O)CCC1CCCC1)C32. The molecule has 0 aromatic heterocycles. The van der Waals surface area contributed by atoms with Crippen LogP contribution in [0.2, 0.25) is 0 Å². The molecule has 0 spiro atoms. The number of carbonyl (C=O) groups is 1. The van der Waals surface area contributed by atoms with Crippen LogP contribution in [0.1, 0.15) is 101 Å². The van der Waals surface area contributed by atoms with Gasteiger partial charge < -0.3 is 43.6 Å². The van der Waals surface area contributed by atoms with Crippen molar-refractivity contribution >= 4 is 23.4 Å². The summed E-state index contributed by atoms with van der Waals surface area (Å²) >= 11 is 1.76. The topological polar surface area (TPSA) is 129 Å². The molecule has 3 aromatic carbocycles. The first-order valence-corrected chi connectivity index (χ1v) is 24.5. The fourth-order valence-electron chi connectivity index (χ4n) is 11.1. The first-order chi connectivity index (χ1) is 31.5. The highest BCUT2D eigenvalue weighted by molar-refractivity contribution is 7.99. The summed E-state index contributed by atoms with van der Waals surface area (Å²) < 4.78 is 32.7. The summed E-state index contributed by atoms with van der Waals surface area (Å²) in [7, 11) is 1.58. The first-order valence-electron chi connectivity index (χ1n) is 23.6. The molecule has 6 unspecified atom stereocenters. The third kappa shape index (κ3) is 10.3. The minimum absolute atomic E-state index is 0.0422. The maximum Gasteiger partial charge on any atom is 0.239 e. The monoisotopic (exact) mass is 894 g/mol. The van der Waals surface area contributed by atoms with E-state index < -0.39 is 17.7 Å². The molecule has 2 saturated carbocycles. The molecule has 2 heterocycles. The van der Waals surface area contributed by atoms with Gasteiger partial charge in [0.05, 0.1) is 24.8 Å². The second-order valence-corrected chi connectivity index (χ2v) is 19.0. The van der Waals surface area contributed by atoms with Crippen LogP contribution in [0.3, 0.4) is 0 Å². The highest BCUT2D eigenvalue weighted by Crippen LogP contribution is 2.62. The molecule has 0 radical (unpaired) electrons. The van der Waals surface area contributed by atoms with Gasteiger partial charge in [0.2, 0.25) is 18.5 Å². The lowest BCUT2D eigenvalue weighted by Crippen LogP contribution is -2.70. The number of ether oxygens (including phenoxy) is 5. The van der Waals surface area contributed by atoms with E-state index in [1.807, 2.05) is 53.4 Å². The van der Waals surface area contributed by atoms with Crippen molar-refractivity contribution in [3.8, 4) is 23.0 Å². The summed E-state index contributed by atoms with van der Waals surface area (Å²) in [4.78, 5) is 24.1. The maximum atomic E-state index is 15.2. The van der Waals surface area contributed by atoms with E-state index in [0.29, 0.717) is 62.0 Å². The molecule has 2 N–H and O–H groups in total. The Balaban J connectivity index is 1.25. The first kappa shape index (κ1) is 46.1. The van der Waals surface area contributed by atoms with Gasteiger partial charge in [-0.15, -0.1) is 18.3 Å². The van der Waals surface area contributed by atoms with Gasteiger partial charge in [0.15, 0.2) is 11.5 Å². The number of unbranched alkanes of at least 4 members (excludes halogenated alkanes) is 2. The van der Waals surface area contributed by atoms with Crippen LogP contribution >= 0.6 is 11.8 Å². The Labute approximate surface area is 383 Å². The fourth-order valence-corrected chi connectivity index (χ4v) is 11.8. The van der Waals surface area contributed by atoms with Crippen LogP contribution in [-0.2, 0) is 20.9 Å². The van der Waals surface area contributed by atoms with Gasteiger partial charge in [-0.3, -0.25) is 4.79 Å². The summed E-state index contributed by atoms with van der Waals surface area (Å²) in [5.41, 5.74) is 3.74. The third-order valence-electron chi connectivity index (χ3n) is 13.9. The van der Waals surface area contributed by atoms with Crippen molar-refractivity contribution in [2.75, 3.05) is 46.1 Å². The van der Waals surface area contributed by atoms with Gasteiger partial charge >= 0.3 is 0 Å². The summed E-state index contributed by atoms with van der Waals surface area (Å²) in [6, 6.07) is 21.8. The van der Waals surface area contributed by atoms with E-state index in [1.54, 1.807) is 24.9 Å². The van der Waals surface area contributed by atoms with Gasteiger partial charge in [-0.05, 0) is 103 Å². The van der Waals surface area contributed by atoms with Crippen LogP contribution in [0.25, 0.3) is 0 Å². The number of aliphatic hydroxyl groups is 2. The van der Waals surface area contributed by atoms with Crippen LogP contribution in [-0.4, -0.2) is 84.6 Å². The Kier molecular flexibility index (Phi) is 15.9. The van der Waals surface area contributed by atoms with Gasteiger partial charge in [-0.2, -0.15) is 0 Å². The van der Waals surface area contributed by atoms with E-state index in [9.17, 15) is 10.2 Å². The minimum Gasteiger partial charge on any atom is -0.493 e. The number of carbonyl (C=O) groups excluding carboxylic acids is 1. The van der Waals surface area contributed by atoms with E-state index in [2.05, 4.69) is 30.9 Å². The molecule has 0 bridgehead atoms. The summed E-state index contributed by atoms with van der Waals surface area (Å²) in [5, 5.41) is 24.7. The van der Waals surface area contributed by atoms with Gasteiger partial charge in [-0.25, -0.2) is 0 Å². The number of nitrogens with zero attached hydrogens (tertiary/aromatic N) is 2. The van der Waals surface area contributed by atoms with E-state index in [1.165, 1.54) is 17.7 Å². The number of hydrogen-bond donors (Lipinski definition) is 2. The molecule has 8 rings (SSSR count). The van der Waals surface area contributed by atoms with E-state index in [4.69, 9.17) is 33.7 Å². The number of amides is 1. The Morgan fingerprint density at radius 1 is 0.953 bits per heavy atom. The maximum absolute atomic E-state index is 15.2. The zero-order valence-electron chi connectivity index (χ0n) is 37.4. The second-order valence-electron chi connectivity index (χ2n) is 17.9. The van der Waals surface area contributed by atoms with E-state index in [0.717, 1.165) is 78.9 Å². The molecular formula is C52H66N2O9S. The fraction of sp³-hybridized carbons (Fsp3) is 0.538. The highest BCUT2D eigenvalue weighted by atomic mass is 32.2. The van der Waals surface area contributed by atoms with Crippen molar-refractivity contribution in [2.45, 2.75) is 113 Å². The summed E-state index contributed by atoms with van der Waals surface area (Å²) in [6.45, 7) is 5.53. The third-order valence-corrected chi connectivity index (χ3v) is 14.9. The number of fused-ring (bicyclic) bond motifs is 3. The van der Waals surface area contributed by atoms with E-state index >= 15 is 4.79 Å². The molecule has 6 atom stereocenters. The minimum atomic E-state index is -1.34. The van der Waals surface area contributed by atoms with Crippen LogP contribution in [0.4, 0.5) is 0 Å². The average molecular weight is 895 g/mol. The van der Waals surface area contributed by atoms with Crippen molar-refractivity contribution in [3.63, 3.8) is 0 Å². The predicted octanol–water partition coefficient (Wildman–Crippen LogP) is 9.85. The van der Waals surface area contributed by atoms with E-state index in [-0.39, 0.29) is 50.3 Å². The molecule has 344 valence electrons. The summed E-state index contributed by atoms with van der Waals surface area (Å²) in [5.74, 6) is 2.55. The van der Waals surface area contributed by atoms with Crippen molar-refractivity contribution in [2.24, 2.45) is 28.8 Å². The number of benzene rings is 3. The molecule has 11 nitrogen and oxygen atoms in total. The van der Waals surface area contributed by atoms with Crippen LogP contribution in [0, 0.1) is 23.7 Å². The molecule has 3 aliphatic carbocycles. The molecule has 1 amide bonds. The largest absolute Gasteiger partial charge is 0.493 e. The molecule has 12 heteroatoms. The van der Waals surface area contributed by atoms with Crippen LogP contribution < -0.4 is 18.9 Å². The number of rotatable bonds is 23. The van der Waals surface area contributed by atoms with Gasteiger partial charge in [0.1, 0.15) is 24.7 Å². The molecule has 0 saturated heterocycles. The van der Waals surface area contributed by atoms with Gasteiger partial charge in [0.25, 0.3) is 0 Å². The number of allylic oxidation sites excluding steroid dienone is 1. The second kappa shape index (κ2) is 22.1. The molecule has 2 fully saturated rings. The average Bonchev–Trinajstić information content (AvgIpc) is 4.03. The lowest BCUT2D eigenvalue weighted by atomic mass is 9.55. The van der Waals surface area contributed by atoms with Gasteiger partial charge in [-0.1, -0.05) is 80.1 Å². The lowest BCUT2D eigenvalue weighted by Gasteiger charge is -2.60. The van der Waals surface area contributed by atoms with Crippen molar-refractivity contribution < 1.29 is 43.5 Å². The molecule has 64 heavy (non-hydrogen) atoms. The zero-order chi connectivity index (χ0) is 44.3. The molecule has 2 aliphatic heterocycles. The summed E-state index contributed by atoms with van der Waals surface area (Å²) in [6.07, 6.45) is 15.3. The van der Waals surface area contributed by atoms with Gasteiger partial charge in [0, 0.05) is 54.7 Å². The Bertz CT molecular complexity index is 2090. The Hall–Kier alpha value is -4.49. The van der Waals surface area contributed by atoms with Crippen molar-refractivity contribution in [1.82, 2.24) is 4.90 Å². The number of aliphatic hydroxyl groups excluding tert-OH is 2. The zero-order valence-corrected chi connectivity index (χ0v) is 38.2. The quantitative estimate of drug-likeness (QED) is 0.0411. The Morgan fingerprint density at radius 3 is 2.52 bits per heavy atom. The Morgan fingerprint density at radius 2 is 1.73 bits per heavy atom.